The van der Waals surface area contributed by atoms with E-state index in [0.717, 1.165) is 54.7 Å². The van der Waals surface area contributed by atoms with Gasteiger partial charge in [0, 0.05) is 37.3 Å². The SMILES string of the molecule is CNCC(c1ccc(-c2cn[nH]c2)cc1)c1ccc(Cl)c(N2CCOCC2)c1. The molecule has 1 saturated heterocycles. The number of aromatic amines is 1. The molecule has 2 aromatic carbocycles. The van der Waals surface area contributed by atoms with Gasteiger partial charge in [0.15, 0.2) is 0 Å². The molecular formula is C22H25ClN4O. The van der Waals surface area contributed by atoms with Crippen LogP contribution in [0.15, 0.2) is 54.9 Å². The van der Waals surface area contributed by atoms with Crippen LogP contribution in [-0.4, -0.2) is 50.1 Å². The number of anilines is 1. The lowest BCUT2D eigenvalue weighted by molar-refractivity contribution is 0.122. The standard InChI is InChI=1S/C22H25ClN4O/c1-24-15-20(17-4-2-16(3-5-17)19-13-25-26-14-19)18-6-7-21(23)22(12-18)27-8-10-28-11-9-27/h2-7,12-14,20,24H,8-11,15H2,1H3,(H,25,26). The molecule has 0 amide bonds. The first-order valence-electron chi connectivity index (χ1n) is 9.62. The quantitative estimate of drug-likeness (QED) is 0.663. The fraction of sp³-hybridized carbons (Fsp3) is 0.318. The van der Waals surface area contributed by atoms with Crippen LogP contribution in [0.3, 0.4) is 0 Å². The van der Waals surface area contributed by atoms with Crippen molar-refractivity contribution in [2.75, 3.05) is 44.8 Å². The Balaban J connectivity index is 1.64. The van der Waals surface area contributed by atoms with Gasteiger partial charge < -0.3 is 15.0 Å². The second-order valence-electron chi connectivity index (χ2n) is 7.03. The average Bonchev–Trinajstić information content (AvgIpc) is 3.28. The molecule has 1 aromatic heterocycles. The van der Waals surface area contributed by atoms with Crippen LogP contribution in [0.5, 0.6) is 0 Å². The number of likely N-dealkylation sites (N-methyl/N-ethyl adjacent to an activating group) is 1. The fourth-order valence-electron chi connectivity index (χ4n) is 3.74. The minimum atomic E-state index is 0.250. The predicted octanol–water partition coefficient (Wildman–Crippen LogP) is 3.92. The molecule has 146 valence electrons. The van der Waals surface area contributed by atoms with Crippen molar-refractivity contribution in [3.8, 4) is 11.1 Å². The molecule has 6 heteroatoms. The minimum Gasteiger partial charge on any atom is -0.378 e. The van der Waals surface area contributed by atoms with Gasteiger partial charge in [0.25, 0.3) is 0 Å². The van der Waals surface area contributed by atoms with Crippen LogP contribution in [0.25, 0.3) is 11.1 Å². The zero-order valence-electron chi connectivity index (χ0n) is 16.0. The van der Waals surface area contributed by atoms with Gasteiger partial charge in [0.05, 0.1) is 30.1 Å². The van der Waals surface area contributed by atoms with Crippen LogP contribution in [0.4, 0.5) is 5.69 Å². The normalized spacial score (nSPS) is 15.6. The van der Waals surface area contributed by atoms with Gasteiger partial charge in [-0.2, -0.15) is 5.10 Å². The highest BCUT2D eigenvalue weighted by molar-refractivity contribution is 6.33. The van der Waals surface area contributed by atoms with Crippen LogP contribution in [-0.2, 0) is 4.74 Å². The third-order valence-electron chi connectivity index (χ3n) is 5.28. The Kier molecular flexibility index (Phi) is 5.95. The zero-order chi connectivity index (χ0) is 19.3. The topological polar surface area (TPSA) is 53.2 Å². The summed E-state index contributed by atoms with van der Waals surface area (Å²) in [5.74, 6) is 0.250. The molecule has 0 saturated carbocycles. The first kappa shape index (κ1) is 19.0. The van der Waals surface area contributed by atoms with E-state index >= 15 is 0 Å². The molecule has 5 nitrogen and oxygen atoms in total. The van der Waals surface area contributed by atoms with Gasteiger partial charge in [-0.25, -0.2) is 0 Å². The molecule has 1 unspecified atom stereocenters. The molecule has 4 rings (SSSR count). The molecule has 1 atom stereocenters. The van der Waals surface area contributed by atoms with E-state index in [0.29, 0.717) is 0 Å². The first-order valence-corrected chi connectivity index (χ1v) is 10.00. The number of hydrogen-bond acceptors (Lipinski definition) is 4. The number of nitrogens with zero attached hydrogens (tertiary/aromatic N) is 2. The Labute approximate surface area is 170 Å². The van der Waals surface area contributed by atoms with Crippen molar-refractivity contribution in [1.29, 1.82) is 0 Å². The largest absolute Gasteiger partial charge is 0.378 e. The van der Waals surface area contributed by atoms with Crippen LogP contribution in [0, 0.1) is 0 Å². The molecule has 1 aliphatic rings. The van der Waals surface area contributed by atoms with Crippen LogP contribution in [0.1, 0.15) is 17.0 Å². The van der Waals surface area contributed by atoms with Crippen LogP contribution < -0.4 is 10.2 Å². The Bertz CT molecular complexity index is 889. The smallest absolute Gasteiger partial charge is 0.0642 e. The van der Waals surface area contributed by atoms with E-state index in [2.05, 4.69) is 56.8 Å². The Morgan fingerprint density at radius 2 is 1.86 bits per heavy atom. The van der Waals surface area contributed by atoms with E-state index in [9.17, 15) is 0 Å². The van der Waals surface area contributed by atoms with Crippen molar-refractivity contribution < 1.29 is 4.74 Å². The minimum absolute atomic E-state index is 0.250. The molecule has 3 aromatic rings. The molecular weight excluding hydrogens is 372 g/mol. The van der Waals surface area contributed by atoms with Gasteiger partial charge in [-0.15, -0.1) is 0 Å². The van der Waals surface area contributed by atoms with Gasteiger partial charge in [-0.1, -0.05) is 41.9 Å². The van der Waals surface area contributed by atoms with Crippen molar-refractivity contribution in [2.45, 2.75) is 5.92 Å². The summed E-state index contributed by atoms with van der Waals surface area (Å²) in [6, 6.07) is 15.1. The number of H-pyrrole nitrogens is 1. The van der Waals surface area contributed by atoms with Gasteiger partial charge in [0.2, 0.25) is 0 Å². The molecule has 0 aliphatic carbocycles. The first-order chi connectivity index (χ1) is 13.8. The average molecular weight is 397 g/mol. The summed E-state index contributed by atoms with van der Waals surface area (Å²) in [6.07, 6.45) is 3.75. The molecule has 1 aliphatic heterocycles. The molecule has 28 heavy (non-hydrogen) atoms. The number of aromatic nitrogens is 2. The number of benzene rings is 2. The Hall–Kier alpha value is -2.34. The molecule has 0 spiro atoms. The van der Waals surface area contributed by atoms with E-state index in [1.54, 1.807) is 0 Å². The van der Waals surface area contributed by atoms with E-state index < -0.39 is 0 Å². The van der Waals surface area contributed by atoms with Gasteiger partial charge in [-0.05, 0) is 35.9 Å². The molecule has 1 fully saturated rings. The van der Waals surface area contributed by atoms with Crippen molar-refractivity contribution in [3.63, 3.8) is 0 Å². The highest BCUT2D eigenvalue weighted by Gasteiger charge is 2.19. The summed E-state index contributed by atoms with van der Waals surface area (Å²) in [6.45, 7) is 4.10. The van der Waals surface area contributed by atoms with Crippen molar-refractivity contribution >= 4 is 17.3 Å². The van der Waals surface area contributed by atoms with Crippen molar-refractivity contribution in [1.82, 2.24) is 15.5 Å². The lowest BCUT2D eigenvalue weighted by Crippen LogP contribution is -2.36. The van der Waals surface area contributed by atoms with E-state index in [4.69, 9.17) is 16.3 Å². The summed E-state index contributed by atoms with van der Waals surface area (Å²) < 4.78 is 5.49. The lowest BCUT2D eigenvalue weighted by Gasteiger charge is -2.30. The van der Waals surface area contributed by atoms with Crippen molar-refractivity contribution in [2.24, 2.45) is 0 Å². The summed E-state index contributed by atoms with van der Waals surface area (Å²) in [5.41, 5.74) is 5.88. The highest BCUT2D eigenvalue weighted by Crippen LogP contribution is 2.33. The third kappa shape index (κ3) is 4.07. The summed E-state index contributed by atoms with van der Waals surface area (Å²) in [5, 5.41) is 11.0. The molecule has 2 heterocycles. The number of rotatable bonds is 6. The highest BCUT2D eigenvalue weighted by atomic mass is 35.5. The molecule has 0 bridgehead atoms. The van der Waals surface area contributed by atoms with E-state index in [1.165, 1.54) is 11.1 Å². The molecule has 0 radical (unpaired) electrons. The Morgan fingerprint density at radius 1 is 1.11 bits per heavy atom. The second kappa shape index (κ2) is 8.78. The zero-order valence-corrected chi connectivity index (χ0v) is 16.7. The monoisotopic (exact) mass is 396 g/mol. The maximum atomic E-state index is 6.53. The number of nitrogens with one attached hydrogen (secondary N) is 2. The fourth-order valence-corrected chi connectivity index (χ4v) is 3.98. The number of morpholine rings is 1. The molecule has 2 N–H and O–H groups in total. The van der Waals surface area contributed by atoms with Crippen LogP contribution >= 0.6 is 11.6 Å². The lowest BCUT2D eigenvalue weighted by atomic mass is 9.90. The summed E-state index contributed by atoms with van der Waals surface area (Å²) in [4.78, 5) is 2.31. The summed E-state index contributed by atoms with van der Waals surface area (Å²) >= 11 is 6.53. The van der Waals surface area contributed by atoms with Gasteiger partial charge in [0.1, 0.15) is 0 Å². The van der Waals surface area contributed by atoms with Gasteiger partial charge in [-0.3, -0.25) is 5.10 Å². The predicted molar refractivity (Wildman–Crippen MR) is 114 cm³/mol. The van der Waals surface area contributed by atoms with Crippen LogP contribution in [0.2, 0.25) is 5.02 Å². The number of halogens is 1. The number of ether oxygens (including phenoxy) is 1. The second-order valence-corrected chi connectivity index (χ2v) is 7.44. The summed E-state index contributed by atoms with van der Waals surface area (Å²) in [7, 11) is 1.99. The van der Waals surface area contributed by atoms with Crippen molar-refractivity contribution in [3.05, 3.63) is 71.0 Å². The maximum absolute atomic E-state index is 6.53. The van der Waals surface area contributed by atoms with Gasteiger partial charge >= 0.3 is 0 Å². The van der Waals surface area contributed by atoms with E-state index in [1.807, 2.05) is 25.5 Å². The Morgan fingerprint density at radius 3 is 2.54 bits per heavy atom. The van der Waals surface area contributed by atoms with E-state index in [-0.39, 0.29) is 5.92 Å². The maximum Gasteiger partial charge on any atom is 0.0642 e. The third-order valence-corrected chi connectivity index (χ3v) is 5.60. The number of hydrogen-bond donors (Lipinski definition) is 2.